The van der Waals surface area contributed by atoms with Crippen LogP contribution >= 0.6 is 0 Å². The van der Waals surface area contributed by atoms with Crippen molar-refractivity contribution in [2.45, 2.75) is 19.5 Å². The number of nitrogens with zero attached hydrogens (tertiary/aromatic N) is 4. The molecular weight excluding hydrogens is 345 g/mol. The van der Waals surface area contributed by atoms with Crippen LogP contribution in [0.15, 0.2) is 53.6 Å². The van der Waals surface area contributed by atoms with Crippen molar-refractivity contribution in [2.24, 2.45) is 0 Å². The molecule has 0 saturated heterocycles. The Kier molecular flexibility index (Phi) is 3.57. The van der Waals surface area contributed by atoms with Gasteiger partial charge < -0.3 is 0 Å². The lowest BCUT2D eigenvalue weighted by molar-refractivity contribution is -0.137. The van der Waals surface area contributed by atoms with E-state index < -0.39 is 17.4 Å². The number of aryl methyl sites for hydroxylation is 1. The van der Waals surface area contributed by atoms with Crippen LogP contribution in [0.4, 0.5) is 13.2 Å². The number of imidazole rings is 1. The summed E-state index contributed by atoms with van der Waals surface area (Å²) in [7, 11) is 0. The van der Waals surface area contributed by atoms with Gasteiger partial charge in [0.05, 0.1) is 16.8 Å². The maximum absolute atomic E-state index is 13.2. The molecule has 4 rings (SSSR count). The molecule has 4 aromatic rings. The summed E-state index contributed by atoms with van der Waals surface area (Å²) in [5.74, 6) is 0.379. The van der Waals surface area contributed by atoms with E-state index in [2.05, 4.69) is 9.97 Å². The third-order valence-electron chi connectivity index (χ3n) is 4.27. The summed E-state index contributed by atoms with van der Waals surface area (Å²) in [6.07, 6.45) is -0.871. The number of fused-ring (bicyclic) bond motifs is 2. The first-order valence-electron chi connectivity index (χ1n) is 7.95. The van der Waals surface area contributed by atoms with Crippen LogP contribution in [0.2, 0.25) is 0 Å². The minimum absolute atomic E-state index is 0.165. The number of hydrogen-bond acceptors (Lipinski definition) is 3. The molecule has 3 heterocycles. The van der Waals surface area contributed by atoms with Crippen LogP contribution in [-0.2, 0) is 12.6 Å². The van der Waals surface area contributed by atoms with Gasteiger partial charge in [0.25, 0.3) is 0 Å². The van der Waals surface area contributed by atoms with E-state index in [1.807, 2.05) is 0 Å². The van der Waals surface area contributed by atoms with Gasteiger partial charge in [0.1, 0.15) is 11.5 Å². The molecule has 0 saturated carbocycles. The second-order valence-corrected chi connectivity index (χ2v) is 5.80. The van der Waals surface area contributed by atoms with Gasteiger partial charge in [-0.05, 0) is 30.7 Å². The van der Waals surface area contributed by atoms with Crippen molar-refractivity contribution in [3.63, 3.8) is 0 Å². The molecule has 0 unspecified atom stereocenters. The van der Waals surface area contributed by atoms with Gasteiger partial charge in [-0.3, -0.25) is 4.40 Å². The lowest BCUT2D eigenvalue weighted by Crippen LogP contribution is -2.25. The highest BCUT2D eigenvalue weighted by Gasteiger charge is 2.31. The lowest BCUT2D eigenvalue weighted by Gasteiger charge is -2.15. The molecule has 0 fully saturated rings. The highest BCUT2D eigenvalue weighted by molar-refractivity contribution is 5.83. The van der Waals surface area contributed by atoms with E-state index in [1.54, 1.807) is 41.9 Å². The fourth-order valence-electron chi connectivity index (χ4n) is 3.07. The molecule has 0 spiro atoms. The highest BCUT2D eigenvalue weighted by Crippen LogP contribution is 2.32. The van der Waals surface area contributed by atoms with Crippen molar-refractivity contribution in [3.05, 3.63) is 70.5 Å². The Hall–Kier alpha value is -3.16. The summed E-state index contributed by atoms with van der Waals surface area (Å²) in [6, 6.07) is 8.45. The molecule has 0 amide bonds. The summed E-state index contributed by atoms with van der Waals surface area (Å²) in [4.78, 5) is 20.9. The first-order valence-corrected chi connectivity index (χ1v) is 7.95. The molecule has 0 aliphatic carbocycles. The summed E-state index contributed by atoms with van der Waals surface area (Å²) in [5.41, 5.74) is -0.237. The van der Waals surface area contributed by atoms with E-state index in [0.717, 1.165) is 12.1 Å². The summed E-state index contributed by atoms with van der Waals surface area (Å²) < 4.78 is 42.5. The van der Waals surface area contributed by atoms with E-state index in [1.165, 1.54) is 10.6 Å². The number of aromatic nitrogens is 4. The van der Waals surface area contributed by atoms with E-state index in [0.29, 0.717) is 29.0 Å². The van der Waals surface area contributed by atoms with Crippen LogP contribution in [-0.4, -0.2) is 18.9 Å². The van der Waals surface area contributed by atoms with Crippen LogP contribution in [0.3, 0.4) is 0 Å². The van der Waals surface area contributed by atoms with Gasteiger partial charge in [0.15, 0.2) is 0 Å². The summed E-state index contributed by atoms with van der Waals surface area (Å²) in [5, 5.41) is 0.511. The van der Waals surface area contributed by atoms with Gasteiger partial charge >= 0.3 is 11.9 Å². The Morgan fingerprint density at radius 1 is 1.15 bits per heavy atom. The quantitative estimate of drug-likeness (QED) is 0.550. The molecule has 0 bridgehead atoms. The van der Waals surface area contributed by atoms with Crippen molar-refractivity contribution in [2.75, 3.05) is 0 Å². The highest BCUT2D eigenvalue weighted by atomic mass is 19.4. The van der Waals surface area contributed by atoms with Crippen LogP contribution < -0.4 is 5.69 Å². The largest absolute Gasteiger partial charge is 0.416 e. The molecule has 0 atom stereocenters. The average molecular weight is 358 g/mol. The van der Waals surface area contributed by atoms with E-state index in [9.17, 15) is 18.0 Å². The Bertz CT molecular complexity index is 1190. The summed E-state index contributed by atoms with van der Waals surface area (Å²) >= 11 is 0. The molecule has 26 heavy (non-hydrogen) atoms. The molecule has 3 aromatic heterocycles. The van der Waals surface area contributed by atoms with E-state index in [-0.39, 0.29) is 5.52 Å². The van der Waals surface area contributed by atoms with Crippen LogP contribution in [0, 0.1) is 0 Å². The molecular formula is C18H13F3N4O. The Morgan fingerprint density at radius 3 is 2.69 bits per heavy atom. The van der Waals surface area contributed by atoms with Crippen molar-refractivity contribution in [1.82, 2.24) is 18.9 Å². The molecule has 0 radical (unpaired) electrons. The normalized spacial score (nSPS) is 12.2. The molecule has 5 nitrogen and oxygen atoms in total. The first-order chi connectivity index (χ1) is 12.4. The van der Waals surface area contributed by atoms with Gasteiger partial charge in [-0.2, -0.15) is 18.2 Å². The number of benzene rings is 1. The van der Waals surface area contributed by atoms with Crippen molar-refractivity contribution in [3.8, 4) is 5.82 Å². The van der Waals surface area contributed by atoms with Crippen LogP contribution in [0.5, 0.6) is 0 Å². The van der Waals surface area contributed by atoms with E-state index >= 15 is 0 Å². The first kappa shape index (κ1) is 16.3. The van der Waals surface area contributed by atoms with Gasteiger partial charge in [-0.1, -0.05) is 19.1 Å². The smallest absolute Gasteiger partial charge is 0.285 e. The number of hydrogen-bond donors (Lipinski definition) is 0. The maximum atomic E-state index is 13.2. The SMILES string of the molecule is CCc1nc(=O)n(-c2cccc3nccn23)c2cc(C(F)(F)F)ccc12. The molecule has 1 aromatic carbocycles. The van der Waals surface area contributed by atoms with E-state index in [4.69, 9.17) is 0 Å². The molecule has 0 aliphatic heterocycles. The minimum Gasteiger partial charge on any atom is -0.285 e. The van der Waals surface area contributed by atoms with Crippen molar-refractivity contribution >= 4 is 16.6 Å². The molecule has 132 valence electrons. The number of alkyl halides is 3. The minimum atomic E-state index is -4.51. The summed E-state index contributed by atoms with van der Waals surface area (Å²) in [6.45, 7) is 1.81. The predicted molar refractivity (Wildman–Crippen MR) is 90.5 cm³/mol. The van der Waals surface area contributed by atoms with Crippen molar-refractivity contribution in [1.29, 1.82) is 0 Å². The second kappa shape index (κ2) is 5.69. The van der Waals surface area contributed by atoms with Crippen LogP contribution in [0.25, 0.3) is 22.4 Å². The zero-order valence-corrected chi connectivity index (χ0v) is 13.7. The predicted octanol–water partition coefficient (Wildman–Crippen LogP) is 3.61. The Balaban J connectivity index is 2.16. The van der Waals surface area contributed by atoms with Gasteiger partial charge in [-0.15, -0.1) is 0 Å². The standard InChI is InChI=1S/C18H13F3N4O/c1-2-13-12-7-6-11(18(19,20)21)10-14(12)25(17(26)23-13)16-5-3-4-15-22-8-9-24(15)16/h3-10H,2H2,1H3. The maximum Gasteiger partial charge on any atom is 0.416 e. The number of halogens is 3. The second-order valence-electron chi connectivity index (χ2n) is 5.80. The van der Waals surface area contributed by atoms with Gasteiger partial charge in [0, 0.05) is 17.8 Å². The lowest BCUT2D eigenvalue weighted by atomic mass is 10.1. The zero-order valence-electron chi connectivity index (χ0n) is 13.7. The third kappa shape index (κ3) is 2.45. The molecule has 0 N–H and O–H groups in total. The zero-order chi connectivity index (χ0) is 18.5. The van der Waals surface area contributed by atoms with Crippen LogP contribution in [0.1, 0.15) is 18.2 Å². The number of pyridine rings is 1. The fraction of sp³-hybridized carbons (Fsp3) is 0.167. The van der Waals surface area contributed by atoms with Gasteiger partial charge in [-0.25, -0.2) is 14.3 Å². The topological polar surface area (TPSA) is 52.2 Å². The van der Waals surface area contributed by atoms with Gasteiger partial charge in [0.2, 0.25) is 0 Å². The number of rotatable bonds is 2. The Morgan fingerprint density at radius 2 is 1.96 bits per heavy atom. The Labute approximate surface area is 145 Å². The monoisotopic (exact) mass is 358 g/mol. The molecule has 8 heteroatoms. The fourth-order valence-corrected chi connectivity index (χ4v) is 3.07. The average Bonchev–Trinajstić information content (AvgIpc) is 3.09. The van der Waals surface area contributed by atoms with Crippen molar-refractivity contribution < 1.29 is 13.2 Å². The third-order valence-corrected chi connectivity index (χ3v) is 4.27. The molecule has 0 aliphatic rings.